The van der Waals surface area contributed by atoms with Gasteiger partial charge in [0, 0.05) is 13.1 Å². The van der Waals surface area contributed by atoms with Crippen LogP contribution in [0.25, 0.3) is 0 Å². The van der Waals surface area contributed by atoms with Gasteiger partial charge in [0.2, 0.25) is 0 Å². The van der Waals surface area contributed by atoms with E-state index in [1.54, 1.807) is 0 Å². The Morgan fingerprint density at radius 3 is 2.73 bits per heavy atom. The highest BCUT2D eigenvalue weighted by Crippen LogP contribution is 1.94. The second kappa shape index (κ2) is 10.3. The van der Waals surface area contributed by atoms with Gasteiger partial charge in [-0.1, -0.05) is 18.9 Å². The minimum atomic E-state index is 0.953. The molecule has 15 heavy (non-hydrogen) atoms. The number of allylic oxidation sites excluding steroid dienone is 1. The Balaban J connectivity index is 4.39. The van der Waals surface area contributed by atoms with Crippen LogP contribution >= 0.6 is 0 Å². The lowest BCUT2D eigenvalue weighted by atomic mass is 10.3. The van der Waals surface area contributed by atoms with E-state index >= 15 is 0 Å². The first-order valence-electron chi connectivity index (χ1n) is 4.99. The van der Waals surface area contributed by atoms with Crippen LogP contribution in [0.4, 0.5) is 0 Å². The summed E-state index contributed by atoms with van der Waals surface area (Å²) in [6, 6.07) is 0. The zero-order chi connectivity index (χ0) is 11.4. The smallest absolute Gasteiger partial charge is 0.0992 e. The summed E-state index contributed by atoms with van der Waals surface area (Å²) in [7, 11) is 0. The Kier molecular flexibility index (Phi) is 9.02. The van der Waals surface area contributed by atoms with E-state index in [1.165, 1.54) is 0 Å². The molecular formula is C14H16N. The van der Waals surface area contributed by atoms with E-state index in [1.807, 2.05) is 12.3 Å². The van der Waals surface area contributed by atoms with E-state index in [0.29, 0.717) is 0 Å². The van der Waals surface area contributed by atoms with Gasteiger partial charge in [-0.05, 0) is 30.0 Å². The van der Waals surface area contributed by atoms with Crippen molar-refractivity contribution in [2.24, 2.45) is 0 Å². The molecule has 1 heteroatoms. The fourth-order valence-electron chi connectivity index (χ4n) is 1.01. The Hall–Kier alpha value is -1.82. The van der Waals surface area contributed by atoms with Crippen molar-refractivity contribution >= 4 is 0 Å². The van der Waals surface area contributed by atoms with Gasteiger partial charge in [-0.3, -0.25) is 0 Å². The zero-order valence-electron chi connectivity index (χ0n) is 9.21. The second-order valence-electron chi connectivity index (χ2n) is 2.91. The molecular weight excluding hydrogens is 182 g/mol. The molecule has 0 N–H and O–H groups in total. The van der Waals surface area contributed by atoms with Crippen LogP contribution in [0, 0.1) is 18.4 Å². The first-order chi connectivity index (χ1) is 7.35. The molecule has 77 valence electrons. The first-order valence-corrected chi connectivity index (χ1v) is 4.99. The Bertz CT molecular complexity index is 338. The summed E-state index contributed by atoms with van der Waals surface area (Å²) < 4.78 is 0. The van der Waals surface area contributed by atoms with Crippen LogP contribution in [0.15, 0.2) is 36.0 Å². The van der Waals surface area contributed by atoms with Crippen LogP contribution in [0.5, 0.6) is 0 Å². The molecule has 0 aliphatic heterocycles. The molecule has 0 atom stereocenters. The molecule has 0 heterocycles. The van der Waals surface area contributed by atoms with Crippen molar-refractivity contribution in [3.63, 3.8) is 0 Å². The number of hydrogen-bond donors (Lipinski definition) is 0. The lowest BCUT2D eigenvalue weighted by Crippen LogP contribution is -2.18. The average Bonchev–Trinajstić information content (AvgIpc) is 2.25. The summed E-state index contributed by atoms with van der Waals surface area (Å²) in [4.78, 5) is 2.16. The van der Waals surface area contributed by atoms with Crippen LogP contribution < -0.4 is 0 Å². The molecule has 0 aromatic heterocycles. The molecule has 0 bridgehead atoms. The Morgan fingerprint density at radius 2 is 2.13 bits per heavy atom. The summed E-state index contributed by atoms with van der Waals surface area (Å²) in [6.45, 7) is 7.79. The molecule has 1 nitrogen and oxygen atoms in total. The van der Waals surface area contributed by atoms with E-state index in [4.69, 9.17) is 6.42 Å². The molecule has 0 aliphatic carbocycles. The summed E-state index contributed by atoms with van der Waals surface area (Å²) in [5.41, 5.74) is 8.10. The molecule has 0 aliphatic rings. The highest BCUT2D eigenvalue weighted by atomic mass is 15.1. The third-order valence-corrected chi connectivity index (χ3v) is 1.65. The van der Waals surface area contributed by atoms with E-state index in [9.17, 15) is 0 Å². The zero-order valence-corrected chi connectivity index (χ0v) is 9.21. The minimum absolute atomic E-state index is 0.953. The van der Waals surface area contributed by atoms with Crippen LogP contribution in [-0.2, 0) is 0 Å². The van der Waals surface area contributed by atoms with Crippen LogP contribution in [0.3, 0.4) is 0 Å². The van der Waals surface area contributed by atoms with Crippen molar-refractivity contribution in [1.29, 1.82) is 0 Å². The van der Waals surface area contributed by atoms with Crippen molar-refractivity contribution in [3.05, 3.63) is 42.1 Å². The molecule has 1 radical (unpaired) electrons. The van der Waals surface area contributed by atoms with Gasteiger partial charge >= 0.3 is 0 Å². The molecule has 0 saturated carbocycles. The molecule has 0 fully saturated rings. The highest BCUT2D eigenvalue weighted by molar-refractivity contribution is 5.00. The van der Waals surface area contributed by atoms with Gasteiger partial charge in [0.1, 0.15) is 0 Å². The fourth-order valence-corrected chi connectivity index (χ4v) is 1.01. The van der Waals surface area contributed by atoms with E-state index < -0.39 is 0 Å². The molecule has 0 aromatic rings. The lowest BCUT2D eigenvalue weighted by Gasteiger charge is -2.16. The number of rotatable bonds is 6. The summed E-state index contributed by atoms with van der Waals surface area (Å²) in [5.74, 6) is 2.21. The van der Waals surface area contributed by atoms with Crippen molar-refractivity contribution in [2.75, 3.05) is 13.1 Å². The number of nitrogens with zero attached hydrogens (tertiary/aromatic N) is 1. The first kappa shape index (κ1) is 13.2. The van der Waals surface area contributed by atoms with Crippen LogP contribution in [0.2, 0.25) is 0 Å². The topological polar surface area (TPSA) is 3.24 Å². The van der Waals surface area contributed by atoms with Crippen molar-refractivity contribution in [2.45, 2.75) is 19.8 Å². The summed E-state index contributed by atoms with van der Waals surface area (Å²) in [6.07, 6.45) is 13.2. The van der Waals surface area contributed by atoms with Gasteiger partial charge < -0.3 is 4.90 Å². The maximum absolute atomic E-state index is 4.96. The standard InChI is InChI=1S/C14H16N/c1-4-7-9-10-11-14-15(12-6-3)13-8-5-2/h1,5,14H,2,6,8,12-13H2,3H3. The van der Waals surface area contributed by atoms with Crippen LogP contribution in [-0.4, -0.2) is 18.0 Å². The minimum Gasteiger partial charge on any atom is -0.370 e. The monoisotopic (exact) mass is 198 g/mol. The van der Waals surface area contributed by atoms with Gasteiger partial charge in [0.15, 0.2) is 0 Å². The normalized spacial score (nSPS) is 7.47. The van der Waals surface area contributed by atoms with Crippen molar-refractivity contribution < 1.29 is 0 Å². The Labute approximate surface area is 92.8 Å². The molecule has 0 saturated heterocycles. The highest BCUT2D eigenvalue weighted by Gasteiger charge is 1.93. The van der Waals surface area contributed by atoms with Crippen molar-refractivity contribution in [1.82, 2.24) is 4.90 Å². The van der Waals surface area contributed by atoms with Gasteiger partial charge in [0.25, 0.3) is 0 Å². The van der Waals surface area contributed by atoms with Gasteiger partial charge in [-0.25, -0.2) is 0 Å². The van der Waals surface area contributed by atoms with Crippen molar-refractivity contribution in [3.8, 4) is 12.3 Å². The molecule has 0 amide bonds. The average molecular weight is 198 g/mol. The van der Waals surface area contributed by atoms with Gasteiger partial charge in [-0.2, -0.15) is 0 Å². The fraction of sp³-hybridized carbons (Fsp3) is 0.357. The summed E-state index contributed by atoms with van der Waals surface area (Å²) >= 11 is 0. The van der Waals surface area contributed by atoms with E-state index in [0.717, 1.165) is 25.9 Å². The largest absolute Gasteiger partial charge is 0.370 e. The lowest BCUT2D eigenvalue weighted by molar-refractivity contribution is 0.383. The molecule has 0 aromatic carbocycles. The molecule has 0 spiro atoms. The van der Waals surface area contributed by atoms with E-state index in [-0.39, 0.29) is 0 Å². The SMILES string of the molecule is C#C[C]=C=C=C=CN(CCC)CCC=C. The molecule has 0 unspecified atom stereocenters. The third kappa shape index (κ3) is 8.51. The summed E-state index contributed by atoms with van der Waals surface area (Å²) in [5, 5.41) is 0. The second-order valence-corrected chi connectivity index (χ2v) is 2.91. The molecule has 0 rings (SSSR count). The van der Waals surface area contributed by atoms with Crippen LogP contribution in [0.1, 0.15) is 19.8 Å². The van der Waals surface area contributed by atoms with Gasteiger partial charge in [0.05, 0.1) is 12.3 Å². The predicted molar refractivity (Wildman–Crippen MR) is 63.9 cm³/mol. The maximum atomic E-state index is 4.96. The van der Waals surface area contributed by atoms with E-state index in [2.05, 4.69) is 47.6 Å². The third-order valence-electron chi connectivity index (χ3n) is 1.65. The predicted octanol–water partition coefficient (Wildman–Crippen LogP) is 2.69. The quantitative estimate of drug-likeness (QED) is 0.360. The Morgan fingerprint density at radius 1 is 1.33 bits per heavy atom. The maximum Gasteiger partial charge on any atom is 0.0992 e. The van der Waals surface area contributed by atoms with Gasteiger partial charge in [-0.15, -0.1) is 13.0 Å². The number of hydrogen-bond acceptors (Lipinski definition) is 1. The number of terminal acetylenes is 1.